The maximum atomic E-state index is 11.3. The molecule has 0 unspecified atom stereocenters. The molecule has 4 heteroatoms. The Bertz CT molecular complexity index is 338. The summed E-state index contributed by atoms with van der Waals surface area (Å²) in [6, 6.07) is 4.60. The Balaban J connectivity index is 2.45. The molecule has 0 N–H and O–H groups in total. The Morgan fingerprint density at radius 2 is 2.62 bits per heavy atom. The maximum Gasteiger partial charge on any atom is 0.414 e. The molecule has 2 heterocycles. The van der Waals surface area contributed by atoms with E-state index in [2.05, 4.69) is 11.1 Å². The van der Waals surface area contributed by atoms with Crippen LogP contribution < -0.4 is 4.90 Å². The number of anilines is 1. The lowest BCUT2D eigenvalue weighted by Crippen LogP contribution is -2.35. The topological polar surface area (TPSA) is 42.4 Å². The third kappa shape index (κ3) is 1.24. The van der Waals surface area contributed by atoms with E-state index in [4.69, 9.17) is 4.74 Å². The third-order valence-corrected chi connectivity index (χ3v) is 1.97. The summed E-state index contributed by atoms with van der Waals surface area (Å²) in [6.45, 7) is 2.74. The minimum atomic E-state index is -0.309. The number of carbonyl (C=O) groups is 1. The predicted molar refractivity (Wildman–Crippen MR) is 46.3 cm³/mol. The number of hydrogen-bond donors (Lipinski definition) is 0. The number of rotatable bonds is 1. The summed E-state index contributed by atoms with van der Waals surface area (Å²) < 4.78 is 4.92. The molecule has 4 nitrogen and oxygen atoms in total. The van der Waals surface area contributed by atoms with Crippen LogP contribution >= 0.6 is 0 Å². The van der Waals surface area contributed by atoms with Gasteiger partial charge < -0.3 is 4.74 Å². The first-order valence-electron chi connectivity index (χ1n) is 4.12. The number of aromatic nitrogens is 1. The molecular formula is C9H9N2O2. The number of amides is 1. The van der Waals surface area contributed by atoms with Crippen LogP contribution in [0, 0.1) is 6.07 Å². The van der Waals surface area contributed by atoms with Gasteiger partial charge >= 0.3 is 6.09 Å². The molecule has 13 heavy (non-hydrogen) atoms. The molecule has 1 aliphatic rings. The van der Waals surface area contributed by atoms with E-state index < -0.39 is 0 Å². The van der Waals surface area contributed by atoms with Gasteiger partial charge in [-0.25, -0.2) is 4.79 Å². The highest BCUT2D eigenvalue weighted by Crippen LogP contribution is 2.23. The lowest BCUT2D eigenvalue weighted by atomic mass is 10.2. The number of hydrogen-bond acceptors (Lipinski definition) is 3. The predicted octanol–water partition coefficient (Wildman–Crippen LogP) is 1.36. The average molecular weight is 177 g/mol. The molecule has 0 atom stereocenters. The van der Waals surface area contributed by atoms with Crippen LogP contribution in [0.5, 0.6) is 0 Å². The van der Waals surface area contributed by atoms with E-state index in [1.807, 2.05) is 6.92 Å². The van der Waals surface area contributed by atoms with Gasteiger partial charge in [0.15, 0.2) is 0 Å². The fourth-order valence-corrected chi connectivity index (χ4v) is 1.33. The number of ether oxygens (including phenoxy) is 1. The highest BCUT2D eigenvalue weighted by molar-refractivity contribution is 5.89. The average Bonchev–Trinajstić information content (AvgIpc) is 2.18. The molecule has 0 spiro atoms. The number of cyclic esters (lactones) is 1. The van der Waals surface area contributed by atoms with Gasteiger partial charge in [-0.3, -0.25) is 9.88 Å². The molecule has 1 aliphatic heterocycles. The summed E-state index contributed by atoms with van der Waals surface area (Å²) in [7, 11) is 0. The number of fused-ring (bicyclic) bond motifs is 1. The van der Waals surface area contributed by atoms with Gasteiger partial charge in [-0.2, -0.15) is 0 Å². The van der Waals surface area contributed by atoms with Crippen LogP contribution in [0.25, 0.3) is 0 Å². The highest BCUT2D eigenvalue weighted by atomic mass is 16.6. The first kappa shape index (κ1) is 8.04. The molecule has 67 valence electrons. The molecule has 1 amide bonds. The molecule has 0 aliphatic carbocycles. The largest absolute Gasteiger partial charge is 0.443 e. The van der Waals surface area contributed by atoms with Crippen LogP contribution in [0.4, 0.5) is 10.5 Å². The van der Waals surface area contributed by atoms with Gasteiger partial charge in [0.2, 0.25) is 0 Å². The van der Waals surface area contributed by atoms with Crippen molar-refractivity contribution in [3.63, 3.8) is 0 Å². The second-order valence-corrected chi connectivity index (χ2v) is 2.70. The maximum absolute atomic E-state index is 11.3. The molecule has 0 saturated heterocycles. The van der Waals surface area contributed by atoms with Crippen LogP contribution in [-0.4, -0.2) is 17.6 Å². The van der Waals surface area contributed by atoms with Gasteiger partial charge in [0.1, 0.15) is 12.3 Å². The second kappa shape index (κ2) is 3.05. The van der Waals surface area contributed by atoms with Crippen LogP contribution in [0.15, 0.2) is 12.3 Å². The van der Waals surface area contributed by atoms with E-state index in [0.29, 0.717) is 6.54 Å². The highest BCUT2D eigenvalue weighted by Gasteiger charge is 2.24. The minimum Gasteiger partial charge on any atom is -0.443 e. The molecule has 2 rings (SSSR count). The number of nitrogens with zero attached hydrogens (tertiary/aromatic N) is 2. The third-order valence-electron chi connectivity index (χ3n) is 1.97. The van der Waals surface area contributed by atoms with E-state index in [9.17, 15) is 4.79 Å². The molecule has 1 radical (unpaired) electrons. The summed E-state index contributed by atoms with van der Waals surface area (Å²) >= 11 is 0. The van der Waals surface area contributed by atoms with Crippen LogP contribution in [-0.2, 0) is 11.3 Å². The summed E-state index contributed by atoms with van der Waals surface area (Å²) in [5, 5.41) is 0. The molecule has 1 aromatic heterocycles. The normalized spacial score (nSPS) is 15.2. The van der Waals surface area contributed by atoms with Crippen molar-refractivity contribution in [2.75, 3.05) is 11.4 Å². The SMILES string of the molecule is CCN1C(=O)OCc2nc[c]cc21. The van der Waals surface area contributed by atoms with Crippen molar-refractivity contribution < 1.29 is 9.53 Å². The Hall–Kier alpha value is -1.58. The van der Waals surface area contributed by atoms with Crippen molar-refractivity contribution in [3.05, 3.63) is 24.0 Å². The Kier molecular flexibility index (Phi) is 1.88. The second-order valence-electron chi connectivity index (χ2n) is 2.70. The van der Waals surface area contributed by atoms with Crippen molar-refractivity contribution in [1.29, 1.82) is 0 Å². The van der Waals surface area contributed by atoms with Gasteiger partial charge in [0.25, 0.3) is 0 Å². The summed E-state index contributed by atoms with van der Waals surface area (Å²) in [4.78, 5) is 16.9. The fourth-order valence-electron chi connectivity index (χ4n) is 1.33. The first-order valence-corrected chi connectivity index (χ1v) is 4.12. The molecular weight excluding hydrogens is 168 g/mol. The monoisotopic (exact) mass is 177 g/mol. The zero-order chi connectivity index (χ0) is 9.26. The van der Waals surface area contributed by atoms with E-state index in [0.717, 1.165) is 11.4 Å². The van der Waals surface area contributed by atoms with Crippen LogP contribution in [0.1, 0.15) is 12.6 Å². The van der Waals surface area contributed by atoms with Crippen molar-refractivity contribution >= 4 is 11.8 Å². The molecule has 1 aromatic rings. The number of carbonyl (C=O) groups excluding carboxylic acids is 1. The van der Waals surface area contributed by atoms with Crippen LogP contribution in [0.2, 0.25) is 0 Å². The molecule has 0 saturated carbocycles. The van der Waals surface area contributed by atoms with E-state index in [1.165, 1.54) is 0 Å². The van der Waals surface area contributed by atoms with Crippen molar-refractivity contribution in [1.82, 2.24) is 4.98 Å². The van der Waals surface area contributed by atoms with E-state index in [-0.39, 0.29) is 12.7 Å². The smallest absolute Gasteiger partial charge is 0.414 e. The number of pyridine rings is 1. The van der Waals surface area contributed by atoms with Crippen molar-refractivity contribution in [2.24, 2.45) is 0 Å². The van der Waals surface area contributed by atoms with Gasteiger partial charge in [0.05, 0.1) is 5.69 Å². The van der Waals surface area contributed by atoms with E-state index >= 15 is 0 Å². The quantitative estimate of drug-likeness (QED) is 0.650. The fraction of sp³-hybridized carbons (Fsp3) is 0.333. The Labute approximate surface area is 76.1 Å². The van der Waals surface area contributed by atoms with Crippen molar-refractivity contribution in [2.45, 2.75) is 13.5 Å². The Morgan fingerprint density at radius 3 is 3.38 bits per heavy atom. The van der Waals surface area contributed by atoms with Crippen LogP contribution in [0.3, 0.4) is 0 Å². The Morgan fingerprint density at radius 1 is 1.77 bits per heavy atom. The van der Waals surface area contributed by atoms with Crippen molar-refractivity contribution in [3.8, 4) is 0 Å². The summed E-state index contributed by atoms with van der Waals surface area (Å²) in [6.07, 6.45) is 1.27. The van der Waals surface area contributed by atoms with Gasteiger partial charge in [-0.05, 0) is 13.0 Å². The summed E-state index contributed by atoms with van der Waals surface area (Å²) in [5.41, 5.74) is 1.60. The molecule has 0 bridgehead atoms. The van der Waals surface area contributed by atoms with E-state index in [1.54, 1.807) is 17.2 Å². The zero-order valence-corrected chi connectivity index (χ0v) is 7.28. The first-order chi connectivity index (χ1) is 6.33. The van der Waals surface area contributed by atoms with Gasteiger partial charge in [-0.15, -0.1) is 0 Å². The molecule has 0 fully saturated rings. The van der Waals surface area contributed by atoms with Gasteiger partial charge in [-0.1, -0.05) is 0 Å². The summed E-state index contributed by atoms with van der Waals surface area (Å²) in [5.74, 6) is 0. The van der Waals surface area contributed by atoms with Gasteiger partial charge in [0, 0.05) is 18.8 Å². The standard InChI is InChI=1S/C9H9N2O2/c1-2-11-8-4-3-5-10-7(8)6-13-9(11)12/h4-5H,2,6H2,1H3. The zero-order valence-electron chi connectivity index (χ0n) is 7.28. The lowest BCUT2D eigenvalue weighted by Gasteiger charge is -2.26. The lowest BCUT2D eigenvalue weighted by molar-refractivity contribution is 0.140. The minimum absolute atomic E-state index is 0.263. The molecule has 0 aromatic carbocycles.